The Balaban J connectivity index is 0.00000338. The van der Waals surface area contributed by atoms with Gasteiger partial charge in [-0.05, 0) is 13.0 Å². The Bertz CT molecular complexity index is 728. The minimum absolute atomic E-state index is 0. The quantitative estimate of drug-likeness (QED) is 0.334. The van der Waals surface area contributed by atoms with Crippen molar-refractivity contribution in [3.05, 3.63) is 33.7 Å². The number of rotatable bonds is 7. The topological polar surface area (TPSA) is 80.3 Å². The first kappa shape index (κ1) is 23.0. The molecule has 2 aromatic heterocycles. The summed E-state index contributed by atoms with van der Waals surface area (Å²) >= 11 is 12.1. The van der Waals surface area contributed by atoms with Crippen molar-refractivity contribution in [2.45, 2.75) is 39.7 Å². The van der Waals surface area contributed by atoms with Gasteiger partial charge in [-0.2, -0.15) is 4.98 Å². The van der Waals surface area contributed by atoms with E-state index >= 15 is 0 Å². The van der Waals surface area contributed by atoms with Crippen LogP contribution in [0.15, 0.2) is 15.6 Å². The molecular weight excluding hydrogens is 490 g/mol. The summed E-state index contributed by atoms with van der Waals surface area (Å²) in [4.78, 5) is 8.91. The number of hydrogen-bond donors (Lipinski definition) is 2. The molecule has 2 N–H and O–H groups in total. The minimum atomic E-state index is 0. The van der Waals surface area contributed by atoms with E-state index in [1.165, 1.54) is 0 Å². The lowest BCUT2D eigenvalue weighted by atomic mass is 10.2. The molecule has 0 fully saturated rings. The van der Waals surface area contributed by atoms with Crippen LogP contribution in [0.3, 0.4) is 0 Å². The second-order valence-electron chi connectivity index (χ2n) is 5.91. The number of halogens is 3. The molecule has 2 aromatic rings. The molecule has 0 radical (unpaired) electrons. The zero-order valence-corrected chi connectivity index (χ0v) is 19.2. The number of hydrogen-bond acceptors (Lipinski definition) is 4. The minimum Gasteiger partial charge on any atom is -0.357 e. The number of aromatic nitrogens is 3. The van der Waals surface area contributed by atoms with Crippen molar-refractivity contribution in [1.82, 2.24) is 25.3 Å². The van der Waals surface area contributed by atoms with E-state index < -0.39 is 0 Å². The Morgan fingerprint density at radius 2 is 2.08 bits per heavy atom. The standard InChI is InChI=1S/C16H24Cl2N6O.HI/c1-5-19-16(21-9-11-8-12(17)14(18)24(11)4)20-7-6-13-22-15(10(2)3)23-25-13;/h8,10H,5-7,9H2,1-4H3,(H2,19,20,21);1H. The smallest absolute Gasteiger partial charge is 0.228 e. The maximum Gasteiger partial charge on any atom is 0.228 e. The van der Waals surface area contributed by atoms with E-state index in [1.807, 2.05) is 38.5 Å². The molecule has 0 bridgehead atoms. The van der Waals surface area contributed by atoms with Gasteiger partial charge in [-0.15, -0.1) is 24.0 Å². The zero-order valence-electron chi connectivity index (χ0n) is 15.3. The van der Waals surface area contributed by atoms with Crippen LogP contribution in [0.2, 0.25) is 10.2 Å². The maximum atomic E-state index is 6.08. The lowest BCUT2D eigenvalue weighted by molar-refractivity contribution is 0.371. The molecule has 0 spiro atoms. The van der Waals surface area contributed by atoms with Gasteiger partial charge in [0.05, 0.1) is 11.6 Å². The molecular formula is C16H25Cl2IN6O. The summed E-state index contributed by atoms with van der Waals surface area (Å²) in [5.74, 6) is 2.31. The second-order valence-corrected chi connectivity index (χ2v) is 6.67. The highest BCUT2D eigenvalue weighted by Gasteiger charge is 2.10. The molecule has 0 aliphatic rings. The van der Waals surface area contributed by atoms with Crippen LogP contribution >= 0.6 is 47.2 Å². The van der Waals surface area contributed by atoms with Crippen molar-refractivity contribution in [3.63, 3.8) is 0 Å². The first-order chi connectivity index (χ1) is 11.9. The van der Waals surface area contributed by atoms with Crippen LogP contribution in [0.5, 0.6) is 0 Å². The first-order valence-electron chi connectivity index (χ1n) is 8.26. The molecule has 0 saturated heterocycles. The van der Waals surface area contributed by atoms with Gasteiger partial charge >= 0.3 is 0 Å². The van der Waals surface area contributed by atoms with Gasteiger partial charge in [0.15, 0.2) is 11.8 Å². The summed E-state index contributed by atoms with van der Waals surface area (Å²) < 4.78 is 7.06. The Morgan fingerprint density at radius 3 is 2.62 bits per heavy atom. The summed E-state index contributed by atoms with van der Waals surface area (Å²) in [6, 6.07) is 1.82. The van der Waals surface area contributed by atoms with E-state index in [0.29, 0.717) is 41.5 Å². The van der Waals surface area contributed by atoms with Crippen LogP contribution in [0.25, 0.3) is 0 Å². The SMILES string of the molecule is CCNC(=NCc1cc(Cl)c(Cl)n1C)NCCc1nc(C(C)C)no1.I. The average Bonchev–Trinajstić information content (AvgIpc) is 3.14. The van der Waals surface area contributed by atoms with Gasteiger partial charge in [-0.1, -0.05) is 42.2 Å². The largest absolute Gasteiger partial charge is 0.357 e. The highest BCUT2D eigenvalue weighted by molar-refractivity contribution is 14.0. The maximum absolute atomic E-state index is 6.08. The van der Waals surface area contributed by atoms with E-state index in [9.17, 15) is 0 Å². The Kier molecular flexibility index (Phi) is 9.73. The van der Waals surface area contributed by atoms with Crippen LogP contribution in [0, 0.1) is 0 Å². The predicted molar refractivity (Wildman–Crippen MR) is 116 cm³/mol. The lowest BCUT2D eigenvalue weighted by Crippen LogP contribution is -2.38. The van der Waals surface area contributed by atoms with Crippen molar-refractivity contribution in [2.24, 2.45) is 12.0 Å². The molecule has 0 saturated carbocycles. The molecule has 0 aliphatic heterocycles. The summed E-state index contributed by atoms with van der Waals surface area (Å²) in [5, 5.41) is 11.5. The summed E-state index contributed by atoms with van der Waals surface area (Å²) in [5.41, 5.74) is 0.936. The zero-order chi connectivity index (χ0) is 18.4. The Labute approximate surface area is 180 Å². The Morgan fingerprint density at radius 1 is 1.35 bits per heavy atom. The molecule has 2 heterocycles. The number of aliphatic imine (C=N–C) groups is 1. The predicted octanol–water partition coefficient (Wildman–Crippen LogP) is 3.75. The van der Waals surface area contributed by atoms with Crippen LogP contribution in [-0.4, -0.2) is 33.8 Å². The third-order valence-corrected chi connectivity index (χ3v) is 4.43. The van der Waals surface area contributed by atoms with Crippen molar-refractivity contribution in [2.75, 3.05) is 13.1 Å². The van der Waals surface area contributed by atoms with Crippen LogP contribution in [-0.2, 0) is 20.0 Å². The fourth-order valence-corrected chi connectivity index (χ4v) is 2.55. The van der Waals surface area contributed by atoms with E-state index in [4.69, 9.17) is 27.7 Å². The molecule has 0 aromatic carbocycles. The monoisotopic (exact) mass is 514 g/mol. The van der Waals surface area contributed by atoms with E-state index in [0.717, 1.165) is 18.1 Å². The fourth-order valence-electron chi connectivity index (χ4n) is 2.13. The Hall–Kier alpha value is -1.00. The second kappa shape index (κ2) is 11.0. The van der Waals surface area contributed by atoms with Crippen molar-refractivity contribution < 1.29 is 4.52 Å². The van der Waals surface area contributed by atoms with Gasteiger partial charge < -0.3 is 19.7 Å². The highest BCUT2D eigenvalue weighted by Crippen LogP contribution is 2.25. The lowest BCUT2D eigenvalue weighted by Gasteiger charge is -2.10. The molecule has 7 nitrogen and oxygen atoms in total. The van der Waals surface area contributed by atoms with Crippen molar-refractivity contribution >= 4 is 53.1 Å². The van der Waals surface area contributed by atoms with Crippen molar-refractivity contribution in [1.29, 1.82) is 0 Å². The van der Waals surface area contributed by atoms with Gasteiger partial charge in [-0.3, -0.25) is 0 Å². The molecule has 0 atom stereocenters. The summed E-state index contributed by atoms with van der Waals surface area (Å²) in [6.45, 7) is 7.95. The molecule has 26 heavy (non-hydrogen) atoms. The number of nitrogens with zero attached hydrogens (tertiary/aromatic N) is 4. The summed E-state index contributed by atoms with van der Waals surface area (Å²) in [6.07, 6.45) is 0.631. The van der Waals surface area contributed by atoms with Gasteiger partial charge in [0.2, 0.25) is 5.89 Å². The molecule has 0 aliphatic carbocycles. The number of nitrogens with one attached hydrogen (secondary N) is 2. The summed E-state index contributed by atoms with van der Waals surface area (Å²) in [7, 11) is 1.86. The highest BCUT2D eigenvalue weighted by atomic mass is 127. The van der Waals surface area contributed by atoms with Crippen LogP contribution < -0.4 is 10.6 Å². The number of guanidine groups is 1. The van der Waals surface area contributed by atoms with E-state index in [2.05, 4.69) is 25.8 Å². The normalized spacial score (nSPS) is 11.6. The van der Waals surface area contributed by atoms with Gasteiger partial charge in [0.1, 0.15) is 5.15 Å². The van der Waals surface area contributed by atoms with Crippen LogP contribution in [0.4, 0.5) is 0 Å². The fraction of sp³-hybridized carbons (Fsp3) is 0.562. The van der Waals surface area contributed by atoms with Gasteiger partial charge in [0.25, 0.3) is 0 Å². The van der Waals surface area contributed by atoms with E-state index in [1.54, 1.807) is 0 Å². The molecule has 0 unspecified atom stereocenters. The van der Waals surface area contributed by atoms with Crippen molar-refractivity contribution in [3.8, 4) is 0 Å². The van der Waals surface area contributed by atoms with Crippen LogP contribution in [0.1, 0.15) is 44.1 Å². The molecule has 2 rings (SSSR count). The first-order valence-corrected chi connectivity index (χ1v) is 9.02. The molecule has 0 amide bonds. The average molecular weight is 515 g/mol. The van der Waals surface area contributed by atoms with E-state index in [-0.39, 0.29) is 29.9 Å². The molecule has 146 valence electrons. The van der Waals surface area contributed by atoms with Gasteiger partial charge in [-0.25, -0.2) is 4.99 Å². The van der Waals surface area contributed by atoms with Gasteiger partial charge in [0, 0.05) is 38.2 Å². The third kappa shape index (κ3) is 6.31. The molecule has 10 heteroatoms. The third-order valence-electron chi connectivity index (χ3n) is 3.59.